The summed E-state index contributed by atoms with van der Waals surface area (Å²) in [4.78, 5) is 37.3. The lowest BCUT2D eigenvalue weighted by molar-refractivity contribution is -0.156. The molecule has 0 unspecified atom stereocenters. The van der Waals surface area contributed by atoms with Crippen molar-refractivity contribution in [1.29, 1.82) is 0 Å². The highest BCUT2D eigenvalue weighted by Crippen LogP contribution is 2.22. The molecule has 1 fully saturated rings. The molecule has 2 atom stereocenters. The van der Waals surface area contributed by atoms with Crippen LogP contribution in [-0.2, 0) is 19.7 Å². The largest absolute Gasteiger partial charge is 0.451 e. The van der Waals surface area contributed by atoms with Gasteiger partial charge < -0.3 is 15.4 Å². The number of esters is 1. The standard InChI is InChI=1S/C22H32N2O4S/c1-14(19(25)23-17-10-11-17)28-21(27)18(12-13-29-5)24-20(26)15-6-8-16(9-7-15)22(2,3)4/h6-9,14,17-18H,10-13H2,1-5H3,(H,23,25)(H,24,26)/t14-,18-/m0/s1. The highest BCUT2D eigenvalue weighted by molar-refractivity contribution is 7.98. The van der Waals surface area contributed by atoms with E-state index in [0.29, 0.717) is 17.7 Å². The molecule has 0 spiro atoms. The fourth-order valence-corrected chi connectivity index (χ4v) is 3.18. The van der Waals surface area contributed by atoms with Crippen LogP contribution in [0, 0.1) is 0 Å². The second-order valence-electron chi connectivity index (χ2n) is 8.50. The SMILES string of the molecule is CSCC[C@H](NC(=O)c1ccc(C(C)(C)C)cc1)C(=O)O[C@@H](C)C(=O)NC1CC1. The van der Waals surface area contributed by atoms with E-state index in [4.69, 9.17) is 4.74 Å². The minimum Gasteiger partial charge on any atom is -0.451 e. The van der Waals surface area contributed by atoms with E-state index in [1.54, 1.807) is 30.8 Å². The number of nitrogens with one attached hydrogen (secondary N) is 2. The van der Waals surface area contributed by atoms with Gasteiger partial charge in [-0.1, -0.05) is 32.9 Å². The van der Waals surface area contributed by atoms with Crippen molar-refractivity contribution in [3.8, 4) is 0 Å². The number of hydrogen-bond acceptors (Lipinski definition) is 5. The summed E-state index contributed by atoms with van der Waals surface area (Å²) >= 11 is 1.58. The number of carbonyl (C=O) groups excluding carboxylic acids is 3. The Hall–Kier alpha value is -2.02. The van der Waals surface area contributed by atoms with Gasteiger partial charge in [-0.15, -0.1) is 0 Å². The highest BCUT2D eigenvalue weighted by Gasteiger charge is 2.30. The Kier molecular flexibility index (Phi) is 8.14. The highest BCUT2D eigenvalue weighted by atomic mass is 32.2. The lowest BCUT2D eigenvalue weighted by Crippen LogP contribution is -2.45. The summed E-state index contributed by atoms with van der Waals surface area (Å²) < 4.78 is 5.33. The summed E-state index contributed by atoms with van der Waals surface area (Å²) in [7, 11) is 0. The third-order valence-corrected chi connectivity index (χ3v) is 5.44. The number of hydrogen-bond donors (Lipinski definition) is 2. The number of carbonyl (C=O) groups is 3. The van der Waals surface area contributed by atoms with Gasteiger partial charge >= 0.3 is 5.97 Å². The maximum absolute atomic E-state index is 12.7. The van der Waals surface area contributed by atoms with Gasteiger partial charge in [0.1, 0.15) is 6.04 Å². The van der Waals surface area contributed by atoms with Crippen molar-refractivity contribution in [2.45, 2.75) is 70.6 Å². The van der Waals surface area contributed by atoms with Crippen molar-refractivity contribution in [3.63, 3.8) is 0 Å². The minimum absolute atomic E-state index is 0.00310. The van der Waals surface area contributed by atoms with Crippen LogP contribution in [0.2, 0.25) is 0 Å². The third kappa shape index (κ3) is 7.38. The van der Waals surface area contributed by atoms with Crippen LogP contribution >= 0.6 is 11.8 Å². The van der Waals surface area contributed by atoms with Crippen LogP contribution < -0.4 is 10.6 Å². The summed E-state index contributed by atoms with van der Waals surface area (Å²) in [5.74, 6) is -0.527. The number of benzene rings is 1. The molecule has 1 saturated carbocycles. The van der Waals surface area contributed by atoms with Crippen molar-refractivity contribution < 1.29 is 19.1 Å². The summed E-state index contributed by atoms with van der Waals surface area (Å²) in [6.45, 7) is 7.87. The van der Waals surface area contributed by atoms with Crippen molar-refractivity contribution in [1.82, 2.24) is 10.6 Å². The molecule has 29 heavy (non-hydrogen) atoms. The van der Waals surface area contributed by atoms with Crippen molar-refractivity contribution in [2.24, 2.45) is 0 Å². The molecule has 0 radical (unpaired) electrons. The van der Waals surface area contributed by atoms with Crippen molar-refractivity contribution in [3.05, 3.63) is 35.4 Å². The van der Waals surface area contributed by atoms with E-state index in [1.165, 1.54) is 0 Å². The molecule has 0 aliphatic heterocycles. The molecule has 1 aliphatic carbocycles. The lowest BCUT2D eigenvalue weighted by atomic mass is 9.86. The van der Waals surface area contributed by atoms with E-state index >= 15 is 0 Å². The molecule has 0 bridgehead atoms. The Balaban J connectivity index is 1.99. The van der Waals surface area contributed by atoms with Crippen LogP contribution in [0.3, 0.4) is 0 Å². The Morgan fingerprint density at radius 2 is 1.79 bits per heavy atom. The van der Waals surface area contributed by atoms with E-state index < -0.39 is 18.1 Å². The second kappa shape index (κ2) is 10.1. The molecular weight excluding hydrogens is 388 g/mol. The first-order valence-electron chi connectivity index (χ1n) is 10.0. The summed E-state index contributed by atoms with van der Waals surface area (Å²) in [5.41, 5.74) is 1.61. The van der Waals surface area contributed by atoms with Crippen LogP contribution in [0.15, 0.2) is 24.3 Å². The summed E-state index contributed by atoms with van der Waals surface area (Å²) in [6.07, 6.45) is 3.41. The molecule has 0 aromatic heterocycles. The third-order valence-electron chi connectivity index (χ3n) is 4.80. The number of rotatable bonds is 9. The van der Waals surface area contributed by atoms with Crippen molar-refractivity contribution >= 4 is 29.5 Å². The van der Waals surface area contributed by atoms with Gasteiger partial charge in [0.15, 0.2) is 6.10 Å². The normalized spacial score (nSPS) is 15.9. The first-order valence-corrected chi connectivity index (χ1v) is 11.4. The second-order valence-corrected chi connectivity index (χ2v) is 9.48. The van der Waals surface area contributed by atoms with E-state index in [1.807, 2.05) is 18.4 Å². The van der Waals surface area contributed by atoms with Gasteiger partial charge in [-0.25, -0.2) is 4.79 Å². The Morgan fingerprint density at radius 1 is 1.17 bits per heavy atom. The van der Waals surface area contributed by atoms with E-state index in [9.17, 15) is 14.4 Å². The molecule has 1 aromatic carbocycles. The zero-order valence-corrected chi connectivity index (χ0v) is 18.7. The monoisotopic (exact) mass is 420 g/mol. The van der Waals surface area contributed by atoms with Crippen LogP contribution in [0.25, 0.3) is 0 Å². The fourth-order valence-electron chi connectivity index (χ4n) is 2.70. The maximum Gasteiger partial charge on any atom is 0.329 e. The van der Waals surface area contributed by atoms with Gasteiger partial charge in [-0.05, 0) is 61.3 Å². The van der Waals surface area contributed by atoms with Gasteiger partial charge in [-0.3, -0.25) is 9.59 Å². The summed E-state index contributed by atoms with van der Waals surface area (Å²) in [6, 6.07) is 6.78. The topological polar surface area (TPSA) is 84.5 Å². The molecule has 1 aliphatic rings. The van der Waals surface area contributed by atoms with Crippen LogP contribution in [0.4, 0.5) is 0 Å². The van der Waals surface area contributed by atoms with E-state index in [2.05, 4.69) is 31.4 Å². The number of ether oxygens (including phenoxy) is 1. The molecule has 0 heterocycles. The van der Waals surface area contributed by atoms with Gasteiger partial charge in [0.25, 0.3) is 11.8 Å². The average molecular weight is 421 g/mol. The predicted octanol–water partition coefficient (Wildman–Crippen LogP) is 3.05. The Bertz CT molecular complexity index is 723. The molecule has 2 N–H and O–H groups in total. The Morgan fingerprint density at radius 3 is 2.31 bits per heavy atom. The molecule has 0 saturated heterocycles. The zero-order chi connectivity index (χ0) is 21.6. The van der Waals surface area contributed by atoms with E-state index in [0.717, 1.165) is 18.4 Å². The quantitative estimate of drug-likeness (QED) is 0.600. The van der Waals surface area contributed by atoms with Gasteiger partial charge in [-0.2, -0.15) is 11.8 Å². The van der Waals surface area contributed by atoms with Crippen LogP contribution in [-0.4, -0.2) is 48.0 Å². The molecule has 2 amide bonds. The number of amides is 2. The number of thioether (sulfide) groups is 1. The Labute approximate surface area is 177 Å². The molecule has 160 valence electrons. The predicted molar refractivity (Wildman–Crippen MR) is 116 cm³/mol. The lowest BCUT2D eigenvalue weighted by Gasteiger charge is -2.21. The van der Waals surface area contributed by atoms with E-state index in [-0.39, 0.29) is 23.3 Å². The zero-order valence-electron chi connectivity index (χ0n) is 17.9. The molecule has 1 aromatic rings. The van der Waals surface area contributed by atoms with Gasteiger partial charge in [0, 0.05) is 11.6 Å². The van der Waals surface area contributed by atoms with Gasteiger partial charge in [0.05, 0.1) is 0 Å². The fraction of sp³-hybridized carbons (Fsp3) is 0.591. The average Bonchev–Trinajstić information content (AvgIpc) is 3.48. The first-order chi connectivity index (χ1) is 13.6. The molecule has 2 rings (SSSR count). The van der Waals surface area contributed by atoms with Crippen LogP contribution in [0.5, 0.6) is 0 Å². The molecule has 6 nitrogen and oxygen atoms in total. The maximum atomic E-state index is 12.7. The molecule has 7 heteroatoms. The molecular formula is C22H32N2O4S. The summed E-state index contributed by atoms with van der Waals surface area (Å²) in [5, 5.41) is 5.58. The smallest absolute Gasteiger partial charge is 0.329 e. The van der Waals surface area contributed by atoms with Crippen molar-refractivity contribution in [2.75, 3.05) is 12.0 Å². The minimum atomic E-state index is -0.886. The van der Waals surface area contributed by atoms with Crippen LogP contribution in [0.1, 0.15) is 62.9 Å². The van der Waals surface area contributed by atoms with Gasteiger partial charge in [0.2, 0.25) is 0 Å². The first kappa shape index (κ1) is 23.3.